The van der Waals surface area contributed by atoms with E-state index in [1.54, 1.807) is 7.11 Å². The molecule has 0 spiro atoms. The SMILES string of the molecule is COc1cc(Br)cc(C)c1NC(=O)CCOc1cc(C)cc(C)c1. The lowest BCUT2D eigenvalue weighted by Gasteiger charge is -2.14. The zero-order valence-corrected chi connectivity index (χ0v) is 16.0. The van der Waals surface area contributed by atoms with Crippen molar-refractivity contribution in [1.82, 2.24) is 0 Å². The second-order valence-electron chi connectivity index (χ2n) is 5.77. The van der Waals surface area contributed by atoms with Crippen molar-refractivity contribution >= 4 is 27.5 Å². The summed E-state index contributed by atoms with van der Waals surface area (Å²) < 4.78 is 11.9. The van der Waals surface area contributed by atoms with Gasteiger partial charge in [0, 0.05) is 4.47 Å². The third-order valence-electron chi connectivity index (χ3n) is 3.54. The van der Waals surface area contributed by atoms with E-state index in [4.69, 9.17) is 9.47 Å². The van der Waals surface area contributed by atoms with Gasteiger partial charge < -0.3 is 14.8 Å². The molecule has 0 fully saturated rings. The average molecular weight is 392 g/mol. The molecule has 0 aliphatic rings. The summed E-state index contributed by atoms with van der Waals surface area (Å²) in [5, 5.41) is 2.90. The molecule has 1 N–H and O–H groups in total. The van der Waals surface area contributed by atoms with Crippen LogP contribution in [-0.2, 0) is 4.79 Å². The smallest absolute Gasteiger partial charge is 0.227 e. The molecule has 0 saturated carbocycles. The van der Waals surface area contributed by atoms with Crippen LogP contribution in [0.2, 0.25) is 0 Å². The number of aryl methyl sites for hydroxylation is 3. The molecule has 5 heteroatoms. The minimum atomic E-state index is -0.108. The lowest BCUT2D eigenvalue weighted by atomic mass is 10.1. The minimum absolute atomic E-state index is 0.108. The van der Waals surface area contributed by atoms with E-state index in [0.717, 1.165) is 26.9 Å². The molecule has 4 nitrogen and oxygen atoms in total. The molecule has 0 aliphatic carbocycles. The predicted octanol–water partition coefficient (Wildman–Crippen LogP) is 4.79. The number of benzene rings is 2. The molecular formula is C19H22BrNO3. The monoisotopic (exact) mass is 391 g/mol. The Hall–Kier alpha value is -2.01. The second-order valence-corrected chi connectivity index (χ2v) is 6.69. The summed E-state index contributed by atoms with van der Waals surface area (Å²) >= 11 is 3.42. The predicted molar refractivity (Wildman–Crippen MR) is 100 cm³/mol. The van der Waals surface area contributed by atoms with Gasteiger partial charge in [0.2, 0.25) is 5.91 Å². The van der Waals surface area contributed by atoms with Crippen molar-refractivity contribution in [3.63, 3.8) is 0 Å². The lowest BCUT2D eigenvalue weighted by molar-refractivity contribution is -0.116. The van der Waals surface area contributed by atoms with E-state index in [1.165, 1.54) is 0 Å². The molecule has 0 aromatic heterocycles. The van der Waals surface area contributed by atoms with Gasteiger partial charge in [0.1, 0.15) is 11.5 Å². The molecule has 1 amide bonds. The average Bonchev–Trinajstić information content (AvgIpc) is 2.48. The lowest BCUT2D eigenvalue weighted by Crippen LogP contribution is -2.16. The third kappa shape index (κ3) is 4.99. The Morgan fingerprint density at radius 1 is 1.08 bits per heavy atom. The molecule has 128 valence electrons. The Morgan fingerprint density at radius 2 is 1.75 bits per heavy atom. The molecule has 2 rings (SSSR count). The summed E-state index contributed by atoms with van der Waals surface area (Å²) in [4.78, 5) is 12.2. The molecule has 0 aliphatic heterocycles. The zero-order valence-electron chi connectivity index (χ0n) is 14.4. The van der Waals surface area contributed by atoms with Crippen LogP contribution < -0.4 is 14.8 Å². The van der Waals surface area contributed by atoms with Gasteiger partial charge in [-0.1, -0.05) is 22.0 Å². The maximum atomic E-state index is 12.2. The van der Waals surface area contributed by atoms with Crippen LogP contribution in [0.5, 0.6) is 11.5 Å². The first-order valence-electron chi connectivity index (χ1n) is 7.74. The topological polar surface area (TPSA) is 47.6 Å². The van der Waals surface area contributed by atoms with Gasteiger partial charge in [-0.25, -0.2) is 0 Å². The normalized spacial score (nSPS) is 10.4. The molecule has 2 aromatic rings. The fraction of sp³-hybridized carbons (Fsp3) is 0.316. The highest BCUT2D eigenvalue weighted by Crippen LogP contribution is 2.32. The number of rotatable bonds is 6. The van der Waals surface area contributed by atoms with Crippen molar-refractivity contribution in [3.05, 3.63) is 51.5 Å². The van der Waals surface area contributed by atoms with Gasteiger partial charge in [0.05, 0.1) is 25.8 Å². The molecule has 0 unspecified atom stereocenters. The molecular weight excluding hydrogens is 370 g/mol. The van der Waals surface area contributed by atoms with Crippen molar-refractivity contribution < 1.29 is 14.3 Å². The molecule has 0 radical (unpaired) electrons. The first-order chi connectivity index (χ1) is 11.4. The van der Waals surface area contributed by atoms with Crippen molar-refractivity contribution in [2.75, 3.05) is 19.0 Å². The highest BCUT2D eigenvalue weighted by Gasteiger charge is 2.12. The van der Waals surface area contributed by atoms with Gasteiger partial charge in [0.15, 0.2) is 0 Å². The summed E-state index contributed by atoms with van der Waals surface area (Å²) in [7, 11) is 1.58. The van der Waals surface area contributed by atoms with Crippen LogP contribution >= 0.6 is 15.9 Å². The first kappa shape index (κ1) is 18.3. The third-order valence-corrected chi connectivity index (χ3v) is 4.00. The zero-order chi connectivity index (χ0) is 17.7. The molecule has 24 heavy (non-hydrogen) atoms. The summed E-state index contributed by atoms with van der Waals surface area (Å²) in [6.07, 6.45) is 0.269. The molecule has 0 atom stereocenters. The van der Waals surface area contributed by atoms with Crippen molar-refractivity contribution in [3.8, 4) is 11.5 Å². The van der Waals surface area contributed by atoms with E-state index in [9.17, 15) is 4.79 Å². The number of nitrogens with one attached hydrogen (secondary N) is 1. The van der Waals surface area contributed by atoms with E-state index in [-0.39, 0.29) is 12.3 Å². The number of anilines is 1. The maximum Gasteiger partial charge on any atom is 0.227 e. The maximum absolute atomic E-state index is 12.2. The number of ether oxygens (including phenoxy) is 2. The van der Waals surface area contributed by atoms with Gasteiger partial charge in [-0.15, -0.1) is 0 Å². The van der Waals surface area contributed by atoms with Gasteiger partial charge >= 0.3 is 0 Å². The standard InChI is InChI=1S/C19H22BrNO3/c1-12-7-13(2)9-16(8-12)24-6-5-18(22)21-19-14(3)10-15(20)11-17(19)23-4/h7-11H,5-6H2,1-4H3,(H,21,22). The molecule has 0 saturated heterocycles. The van der Waals surface area contributed by atoms with Gasteiger partial charge in [-0.05, 0) is 61.7 Å². The van der Waals surface area contributed by atoms with Crippen LogP contribution in [0.4, 0.5) is 5.69 Å². The van der Waals surface area contributed by atoms with Crippen LogP contribution in [0, 0.1) is 20.8 Å². The largest absolute Gasteiger partial charge is 0.495 e. The Morgan fingerprint density at radius 3 is 2.38 bits per heavy atom. The Labute approximate surface area is 151 Å². The molecule has 0 heterocycles. The van der Waals surface area contributed by atoms with Gasteiger partial charge in [0.25, 0.3) is 0 Å². The van der Waals surface area contributed by atoms with E-state index in [2.05, 4.69) is 27.3 Å². The Bertz CT molecular complexity index is 723. The van der Waals surface area contributed by atoms with Crippen molar-refractivity contribution in [1.29, 1.82) is 0 Å². The van der Waals surface area contributed by atoms with Gasteiger partial charge in [-0.2, -0.15) is 0 Å². The number of hydrogen-bond donors (Lipinski definition) is 1. The van der Waals surface area contributed by atoms with E-state index < -0.39 is 0 Å². The van der Waals surface area contributed by atoms with E-state index >= 15 is 0 Å². The fourth-order valence-corrected chi connectivity index (χ4v) is 3.06. The van der Waals surface area contributed by atoms with Crippen LogP contribution in [0.25, 0.3) is 0 Å². The van der Waals surface area contributed by atoms with Crippen LogP contribution in [0.1, 0.15) is 23.1 Å². The number of hydrogen-bond acceptors (Lipinski definition) is 3. The summed E-state index contributed by atoms with van der Waals surface area (Å²) in [6, 6.07) is 9.78. The summed E-state index contributed by atoms with van der Waals surface area (Å²) in [5.41, 5.74) is 3.91. The van der Waals surface area contributed by atoms with Crippen molar-refractivity contribution in [2.45, 2.75) is 27.2 Å². The van der Waals surface area contributed by atoms with Crippen LogP contribution in [0.3, 0.4) is 0 Å². The summed E-state index contributed by atoms with van der Waals surface area (Å²) in [5.74, 6) is 1.31. The minimum Gasteiger partial charge on any atom is -0.495 e. The second kappa shape index (κ2) is 8.20. The number of carbonyl (C=O) groups is 1. The highest BCUT2D eigenvalue weighted by molar-refractivity contribution is 9.10. The number of methoxy groups -OCH3 is 1. The molecule has 0 bridgehead atoms. The quantitative estimate of drug-likeness (QED) is 0.769. The van der Waals surface area contributed by atoms with Crippen LogP contribution in [0.15, 0.2) is 34.8 Å². The Balaban J connectivity index is 1.94. The van der Waals surface area contributed by atoms with E-state index in [0.29, 0.717) is 18.0 Å². The van der Waals surface area contributed by atoms with Gasteiger partial charge in [-0.3, -0.25) is 4.79 Å². The van der Waals surface area contributed by atoms with E-state index in [1.807, 2.05) is 45.0 Å². The first-order valence-corrected chi connectivity index (χ1v) is 8.53. The number of carbonyl (C=O) groups excluding carboxylic acids is 1. The molecule has 2 aromatic carbocycles. The van der Waals surface area contributed by atoms with Crippen LogP contribution in [-0.4, -0.2) is 19.6 Å². The number of halogens is 1. The highest BCUT2D eigenvalue weighted by atomic mass is 79.9. The summed E-state index contributed by atoms with van der Waals surface area (Å²) in [6.45, 7) is 6.30. The van der Waals surface area contributed by atoms with Crippen molar-refractivity contribution in [2.24, 2.45) is 0 Å². The fourth-order valence-electron chi connectivity index (χ4n) is 2.51. The number of amides is 1. The Kier molecular flexibility index (Phi) is 6.26.